The summed E-state index contributed by atoms with van der Waals surface area (Å²) in [4.78, 5) is 0. The van der Waals surface area contributed by atoms with Crippen molar-refractivity contribution in [1.82, 2.24) is 0 Å². The van der Waals surface area contributed by atoms with Crippen LogP contribution in [0.3, 0.4) is 0 Å². The van der Waals surface area contributed by atoms with Gasteiger partial charge in [-0.1, -0.05) is 13.0 Å². The first-order chi connectivity index (χ1) is 7.69. The Labute approximate surface area is 97.3 Å². The van der Waals surface area contributed by atoms with Crippen molar-refractivity contribution in [2.45, 2.75) is 33.1 Å². The molecule has 1 aliphatic carbocycles. The quantitative estimate of drug-likeness (QED) is 0.833. The Morgan fingerprint density at radius 3 is 2.75 bits per heavy atom. The van der Waals surface area contributed by atoms with Gasteiger partial charge in [-0.05, 0) is 49.3 Å². The lowest BCUT2D eigenvalue weighted by Gasteiger charge is -2.15. The Bertz CT molecular complexity index is 425. The molecule has 0 atom stereocenters. The first-order valence-electron chi connectivity index (χ1n) is 5.94. The number of rotatable bonds is 4. The van der Waals surface area contributed by atoms with Crippen molar-refractivity contribution in [2.75, 3.05) is 11.9 Å². The molecule has 0 heterocycles. The number of benzene rings is 1. The maximum Gasteiger partial charge on any atom is 0.101 e. The van der Waals surface area contributed by atoms with Gasteiger partial charge in [-0.15, -0.1) is 0 Å². The molecule has 16 heavy (non-hydrogen) atoms. The normalized spacial score (nSPS) is 16.6. The highest BCUT2D eigenvalue weighted by Crippen LogP contribution is 2.48. The molecule has 0 amide bonds. The highest BCUT2D eigenvalue weighted by atomic mass is 14.9. The number of nitrogens with zero attached hydrogens (tertiary/aromatic N) is 1. The molecule has 0 aliphatic heterocycles. The van der Waals surface area contributed by atoms with Crippen molar-refractivity contribution in [3.05, 3.63) is 29.3 Å². The van der Waals surface area contributed by atoms with Crippen LogP contribution in [0.1, 0.15) is 37.3 Å². The van der Waals surface area contributed by atoms with E-state index in [2.05, 4.69) is 31.3 Å². The SMILES string of the molecule is CCC1(CNc2cc(C)ccc2C#N)CC1. The van der Waals surface area contributed by atoms with Gasteiger partial charge in [-0.3, -0.25) is 0 Å². The zero-order chi connectivity index (χ0) is 11.6. The monoisotopic (exact) mass is 214 g/mol. The summed E-state index contributed by atoms with van der Waals surface area (Å²) < 4.78 is 0. The van der Waals surface area contributed by atoms with E-state index in [-0.39, 0.29) is 0 Å². The van der Waals surface area contributed by atoms with Crippen LogP contribution < -0.4 is 5.32 Å². The summed E-state index contributed by atoms with van der Waals surface area (Å²) in [6.45, 7) is 5.30. The van der Waals surface area contributed by atoms with Crippen LogP contribution in [0.15, 0.2) is 18.2 Å². The van der Waals surface area contributed by atoms with Crippen LogP contribution in [0.2, 0.25) is 0 Å². The third kappa shape index (κ3) is 2.19. The average Bonchev–Trinajstić information content (AvgIpc) is 3.07. The second-order valence-electron chi connectivity index (χ2n) is 4.87. The van der Waals surface area contributed by atoms with Crippen LogP contribution in [0.4, 0.5) is 5.69 Å². The lowest BCUT2D eigenvalue weighted by molar-refractivity contribution is 0.521. The largest absolute Gasteiger partial charge is 0.383 e. The number of nitriles is 1. The topological polar surface area (TPSA) is 35.8 Å². The van der Waals surface area contributed by atoms with Gasteiger partial charge >= 0.3 is 0 Å². The average molecular weight is 214 g/mol. The van der Waals surface area contributed by atoms with Crippen LogP contribution in [0, 0.1) is 23.7 Å². The minimum Gasteiger partial charge on any atom is -0.383 e. The fourth-order valence-electron chi connectivity index (χ4n) is 2.02. The Kier molecular flexibility index (Phi) is 2.87. The van der Waals surface area contributed by atoms with Crippen LogP contribution in [-0.4, -0.2) is 6.54 Å². The number of anilines is 1. The fraction of sp³-hybridized carbons (Fsp3) is 0.500. The summed E-state index contributed by atoms with van der Waals surface area (Å²) in [7, 11) is 0. The van der Waals surface area contributed by atoms with E-state index in [9.17, 15) is 0 Å². The van der Waals surface area contributed by atoms with E-state index in [1.54, 1.807) is 0 Å². The van der Waals surface area contributed by atoms with Gasteiger partial charge in [0, 0.05) is 6.54 Å². The lowest BCUT2D eigenvalue weighted by Crippen LogP contribution is -2.15. The van der Waals surface area contributed by atoms with E-state index in [1.807, 2.05) is 12.1 Å². The summed E-state index contributed by atoms with van der Waals surface area (Å²) >= 11 is 0. The minimum atomic E-state index is 0.510. The number of hydrogen-bond acceptors (Lipinski definition) is 2. The third-order valence-electron chi connectivity index (χ3n) is 3.66. The standard InChI is InChI=1S/C14H18N2/c1-3-14(6-7-14)10-16-13-8-11(2)4-5-12(13)9-15/h4-5,8,16H,3,6-7,10H2,1-2H3. The zero-order valence-electron chi connectivity index (χ0n) is 10.0. The molecule has 2 heteroatoms. The molecule has 84 valence electrons. The van der Waals surface area contributed by atoms with E-state index in [0.29, 0.717) is 5.41 Å². The molecule has 1 aromatic rings. The predicted octanol–water partition coefficient (Wildman–Crippen LogP) is 3.47. The zero-order valence-corrected chi connectivity index (χ0v) is 10.0. The Balaban J connectivity index is 2.09. The molecule has 1 aliphatic rings. The van der Waals surface area contributed by atoms with Gasteiger partial charge in [0.1, 0.15) is 6.07 Å². The molecule has 0 bridgehead atoms. The molecule has 0 unspecified atom stereocenters. The second-order valence-corrected chi connectivity index (χ2v) is 4.87. The van der Waals surface area contributed by atoms with Gasteiger partial charge < -0.3 is 5.32 Å². The van der Waals surface area contributed by atoms with Crippen LogP contribution >= 0.6 is 0 Å². The molecule has 0 saturated heterocycles. The maximum absolute atomic E-state index is 9.02. The van der Waals surface area contributed by atoms with Gasteiger partial charge in [0.15, 0.2) is 0 Å². The van der Waals surface area contributed by atoms with Crippen molar-refractivity contribution < 1.29 is 0 Å². The van der Waals surface area contributed by atoms with E-state index < -0.39 is 0 Å². The number of nitrogens with one attached hydrogen (secondary N) is 1. The lowest BCUT2D eigenvalue weighted by atomic mass is 10.0. The van der Waals surface area contributed by atoms with E-state index in [0.717, 1.165) is 17.8 Å². The summed E-state index contributed by atoms with van der Waals surface area (Å²) in [6.07, 6.45) is 3.88. The van der Waals surface area contributed by atoms with Crippen LogP contribution in [-0.2, 0) is 0 Å². The number of aryl methyl sites for hydroxylation is 1. The van der Waals surface area contributed by atoms with Crippen LogP contribution in [0.5, 0.6) is 0 Å². The second kappa shape index (κ2) is 4.17. The molecule has 0 radical (unpaired) electrons. The molecular weight excluding hydrogens is 196 g/mol. The molecular formula is C14H18N2. The first kappa shape index (κ1) is 11.0. The van der Waals surface area contributed by atoms with Crippen molar-refractivity contribution in [3.8, 4) is 6.07 Å². The molecule has 2 rings (SSSR count). The number of hydrogen-bond donors (Lipinski definition) is 1. The van der Waals surface area contributed by atoms with Gasteiger partial charge in [0.2, 0.25) is 0 Å². The van der Waals surface area contributed by atoms with Crippen molar-refractivity contribution in [1.29, 1.82) is 5.26 Å². The van der Waals surface area contributed by atoms with E-state index in [1.165, 1.54) is 24.8 Å². The van der Waals surface area contributed by atoms with Crippen molar-refractivity contribution in [3.63, 3.8) is 0 Å². The van der Waals surface area contributed by atoms with E-state index in [4.69, 9.17) is 5.26 Å². The molecule has 1 aromatic carbocycles. The van der Waals surface area contributed by atoms with Gasteiger partial charge in [0.05, 0.1) is 11.3 Å². The summed E-state index contributed by atoms with van der Waals surface area (Å²) in [5, 5.41) is 12.5. The van der Waals surface area contributed by atoms with Crippen LogP contribution in [0.25, 0.3) is 0 Å². The van der Waals surface area contributed by atoms with Gasteiger partial charge in [-0.2, -0.15) is 5.26 Å². The highest BCUT2D eigenvalue weighted by molar-refractivity contribution is 5.59. The summed E-state index contributed by atoms with van der Waals surface area (Å²) in [6, 6.07) is 8.17. The van der Waals surface area contributed by atoms with Gasteiger partial charge in [0.25, 0.3) is 0 Å². The minimum absolute atomic E-state index is 0.510. The highest BCUT2D eigenvalue weighted by Gasteiger charge is 2.40. The van der Waals surface area contributed by atoms with Crippen molar-refractivity contribution >= 4 is 5.69 Å². The van der Waals surface area contributed by atoms with Crippen molar-refractivity contribution in [2.24, 2.45) is 5.41 Å². The summed E-state index contributed by atoms with van der Waals surface area (Å²) in [5.41, 5.74) is 3.44. The molecule has 2 nitrogen and oxygen atoms in total. The first-order valence-corrected chi connectivity index (χ1v) is 5.94. The molecule has 1 N–H and O–H groups in total. The predicted molar refractivity (Wildman–Crippen MR) is 66.3 cm³/mol. The molecule has 0 spiro atoms. The Morgan fingerprint density at radius 2 is 2.19 bits per heavy atom. The third-order valence-corrected chi connectivity index (χ3v) is 3.66. The van der Waals surface area contributed by atoms with E-state index >= 15 is 0 Å². The maximum atomic E-state index is 9.02. The Morgan fingerprint density at radius 1 is 1.44 bits per heavy atom. The Hall–Kier alpha value is -1.49. The summed E-state index contributed by atoms with van der Waals surface area (Å²) in [5.74, 6) is 0. The molecule has 1 saturated carbocycles. The smallest absolute Gasteiger partial charge is 0.101 e. The molecule has 1 fully saturated rings. The van der Waals surface area contributed by atoms with Gasteiger partial charge in [-0.25, -0.2) is 0 Å². The fourth-order valence-corrected chi connectivity index (χ4v) is 2.02. The molecule has 0 aromatic heterocycles.